The summed E-state index contributed by atoms with van der Waals surface area (Å²) in [6.45, 7) is 6.89. The molecule has 1 aromatic rings. The standard InChI is InChI=1S/C18H23ClO2/c1-14-7-8-17(15(12-14)6-4-5-11-19)20-13-16-9-10-18(2,3)21-16/h7-8,12,16H,5,9-11,13H2,1-3H3. The molecule has 21 heavy (non-hydrogen) atoms. The molecule has 0 radical (unpaired) electrons. The highest BCUT2D eigenvalue weighted by Gasteiger charge is 2.31. The Hall–Kier alpha value is -1.17. The molecular formula is C18H23ClO2. The molecule has 0 aromatic heterocycles. The lowest BCUT2D eigenvalue weighted by Gasteiger charge is -2.19. The molecule has 114 valence electrons. The Morgan fingerprint density at radius 2 is 2.24 bits per heavy atom. The second kappa shape index (κ2) is 7.20. The van der Waals surface area contributed by atoms with Crippen LogP contribution in [0.2, 0.25) is 0 Å². The smallest absolute Gasteiger partial charge is 0.135 e. The van der Waals surface area contributed by atoms with E-state index in [1.807, 2.05) is 12.1 Å². The summed E-state index contributed by atoms with van der Waals surface area (Å²) in [5, 5.41) is 0. The number of halogens is 1. The first-order valence-corrected chi connectivity index (χ1v) is 8.00. The molecule has 2 nitrogen and oxygen atoms in total. The summed E-state index contributed by atoms with van der Waals surface area (Å²) in [7, 11) is 0. The van der Waals surface area contributed by atoms with Gasteiger partial charge in [-0.3, -0.25) is 0 Å². The molecule has 1 unspecified atom stereocenters. The minimum Gasteiger partial charge on any atom is -0.490 e. The van der Waals surface area contributed by atoms with Crippen LogP contribution in [0, 0.1) is 18.8 Å². The molecule has 1 aromatic carbocycles. The minimum atomic E-state index is -0.0235. The SMILES string of the molecule is Cc1ccc(OCC2CCC(C)(C)O2)c(C#CCCCl)c1. The van der Waals surface area contributed by atoms with Gasteiger partial charge in [0.15, 0.2) is 0 Å². The van der Waals surface area contributed by atoms with Crippen molar-refractivity contribution in [1.29, 1.82) is 0 Å². The van der Waals surface area contributed by atoms with Gasteiger partial charge in [0.05, 0.1) is 17.3 Å². The fourth-order valence-electron chi connectivity index (χ4n) is 2.45. The number of alkyl halides is 1. The third-order valence-corrected chi connectivity index (χ3v) is 3.75. The lowest BCUT2D eigenvalue weighted by Crippen LogP contribution is -2.24. The normalized spacial score (nSPS) is 19.9. The van der Waals surface area contributed by atoms with Crippen molar-refractivity contribution < 1.29 is 9.47 Å². The average molecular weight is 307 g/mol. The summed E-state index contributed by atoms with van der Waals surface area (Å²) in [4.78, 5) is 0. The third-order valence-electron chi connectivity index (χ3n) is 3.56. The zero-order valence-corrected chi connectivity index (χ0v) is 13.8. The van der Waals surface area contributed by atoms with Crippen LogP contribution in [-0.4, -0.2) is 24.2 Å². The largest absolute Gasteiger partial charge is 0.490 e. The number of rotatable bonds is 4. The van der Waals surface area contributed by atoms with Crippen molar-refractivity contribution in [2.24, 2.45) is 0 Å². The van der Waals surface area contributed by atoms with Crippen LogP contribution in [0.3, 0.4) is 0 Å². The van der Waals surface area contributed by atoms with Crippen LogP contribution in [0.25, 0.3) is 0 Å². The Morgan fingerprint density at radius 1 is 1.43 bits per heavy atom. The van der Waals surface area contributed by atoms with E-state index in [0.29, 0.717) is 18.9 Å². The first-order chi connectivity index (χ1) is 10.00. The summed E-state index contributed by atoms with van der Waals surface area (Å²) in [5.41, 5.74) is 2.08. The van der Waals surface area contributed by atoms with Gasteiger partial charge in [-0.2, -0.15) is 0 Å². The Bertz CT molecular complexity index is 540. The lowest BCUT2D eigenvalue weighted by molar-refractivity contribution is -0.0326. The molecule has 0 N–H and O–H groups in total. The topological polar surface area (TPSA) is 18.5 Å². The monoisotopic (exact) mass is 306 g/mol. The quantitative estimate of drug-likeness (QED) is 0.609. The van der Waals surface area contributed by atoms with Gasteiger partial charge in [0.1, 0.15) is 12.4 Å². The maximum atomic E-state index is 5.95. The summed E-state index contributed by atoms with van der Waals surface area (Å²) in [6.07, 6.45) is 2.99. The van der Waals surface area contributed by atoms with E-state index in [4.69, 9.17) is 21.1 Å². The molecule has 1 fully saturated rings. The van der Waals surface area contributed by atoms with E-state index < -0.39 is 0 Å². The lowest BCUT2D eigenvalue weighted by atomic mass is 10.1. The van der Waals surface area contributed by atoms with Crippen LogP contribution in [0.1, 0.15) is 44.2 Å². The second-order valence-electron chi connectivity index (χ2n) is 6.09. The van der Waals surface area contributed by atoms with Gasteiger partial charge in [-0.15, -0.1) is 11.6 Å². The summed E-state index contributed by atoms with van der Waals surface area (Å²) < 4.78 is 11.9. The van der Waals surface area contributed by atoms with Crippen LogP contribution < -0.4 is 4.74 Å². The molecule has 1 aliphatic rings. The predicted octanol–water partition coefficient (Wildman–Crippen LogP) is 4.31. The summed E-state index contributed by atoms with van der Waals surface area (Å²) in [5.74, 6) is 7.60. The Kier molecular flexibility index (Phi) is 5.56. The molecular weight excluding hydrogens is 284 g/mol. The number of hydrogen-bond acceptors (Lipinski definition) is 2. The van der Waals surface area contributed by atoms with Gasteiger partial charge < -0.3 is 9.47 Å². The molecule has 3 heteroatoms. The molecule has 1 atom stereocenters. The van der Waals surface area contributed by atoms with Gasteiger partial charge >= 0.3 is 0 Å². The van der Waals surface area contributed by atoms with Crippen LogP contribution in [0.5, 0.6) is 5.75 Å². The molecule has 1 saturated heterocycles. The minimum absolute atomic E-state index is 0.0235. The van der Waals surface area contributed by atoms with Crippen molar-refractivity contribution in [3.05, 3.63) is 29.3 Å². The van der Waals surface area contributed by atoms with Crippen LogP contribution in [-0.2, 0) is 4.74 Å². The van der Waals surface area contributed by atoms with Gasteiger partial charge in [-0.25, -0.2) is 0 Å². The maximum absolute atomic E-state index is 5.95. The van der Waals surface area contributed by atoms with E-state index in [-0.39, 0.29) is 11.7 Å². The summed E-state index contributed by atoms with van der Waals surface area (Å²) >= 11 is 5.66. The van der Waals surface area contributed by atoms with E-state index in [1.54, 1.807) is 0 Å². The molecule has 1 heterocycles. The molecule has 0 aliphatic carbocycles. The molecule has 1 aliphatic heterocycles. The first kappa shape index (κ1) is 16.2. The Labute approximate surface area is 132 Å². The predicted molar refractivity (Wildman–Crippen MR) is 87.1 cm³/mol. The van der Waals surface area contributed by atoms with Crippen LogP contribution in [0.15, 0.2) is 18.2 Å². The molecule has 0 bridgehead atoms. The Morgan fingerprint density at radius 3 is 2.90 bits per heavy atom. The van der Waals surface area contributed by atoms with Crippen molar-refractivity contribution in [2.45, 2.75) is 51.7 Å². The molecule has 2 rings (SSSR count). The third kappa shape index (κ3) is 4.95. The van der Waals surface area contributed by atoms with Crippen molar-refractivity contribution >= 4 is 11.6 Å². The van der Waals surface area contributed by atoms with Crippen molar-refractivity contribution in [3.8, 4) is 17.6 Å². The zero-order chi connectivity index (χ0) is 15.3. The van der Waals surface area contributed by atoms with Gasteiger partial charge in [-0.1, -0.05) is 17.9 Å². The highest BCUT2D eigenvalue weighted by atomic mass is 35.5. The van der Waals surface area contributed by atoms with Crippen LogP contribution in [0.4, 0.5) is 0 Å². The fourth-order valence-corrected chi connectivity index (χ4v) is 2.54. The van der Waals surface area contributed by atoms with E-state index in [9.17, 15) is 0 Å². The van der Waals surface area contributed by atoms with Gasteiger partial charge in [0.25, 0.3) is 0 Å². The van der Waals surface area contributed by atoms with E-state index in [1.165, 1.54) is 5.56 Å². The van der Waals surface area contributed by atoms with Crippen molar-refractivity contribution in [2.75, 3.05) is 12.5 Å². The fraction of sp³-hybridized carbons (Fsp3) is 0.556. The van der Waals surface area contributed by atoms with Gasteiger partial charge in [-0.05, 0) is 51.3 Å². The highest BCUT2D eigenvalue weighted by Crippen LogP contribution is 2.30. The number of benzene rings is 1. The average Bonchev–Trinajstić information content (AvgIpc) is 2.78. The zero-order valence-electron chi connectivity index (χ0n) is 13.0. The molecule has 0 spiro atoms. The second-order valence-corrected chi connectivity index (χ2v) is 6.47. The first-order valence-electron chi connectivity index (χ1n) is 7.46. The van der Waals surface area contributed by atoms with E-state index >= 15 is 0 Å². The van der Waals surface area contributed by atoms with Gasteiger partial charge in [0.2, 0.25) is 0 Å². The van der Waals surface area contributed by atoms with Crippen LogP contribution >= 0.6 is 11.6 Å². The van der Waals surface area contributed by atoms with Gasteiger partial charge in [0, 0.05) is 12.3 Å². The van der Waals surface area contributed by atoms with Crippen molar-refractivity contribution in [3.63, 3.8) is 0 Å². The maximum Gasteiger partial charge on any atom is 0.135 e. The molecule has 0 amide bonds. The number of hydrogen-bond donors (Lipinski definition) is 0. The van der Waals surface area contributed by atoms with E-state index in [0.717, 1.165) is 24.2 Å². The van der Waals surface area contributed by atoms with Crippen molar-refractivity contribution in [1.82, 2.24) is 0 Å². The number of aryl methyl sites for hydroxylation is 1. The Balaban J connectivity index is 2.01. The molecule has 0 saturated carbocycles. The van der Waals surface area contributed by atoms with E-state index in [2.05, 4.69) is 38.7 Å². The highest BCUT2D eigenvalue weighted by molar-refractivity contribution is 6.18. The summed E-state index contributed by atoms with van der Waals surface area (Å²) in [6, 6.07) is 6.08. The number of ether oxygens (including phenoxy) is 2.